The molecule has 2 aromatic heterocycles. The van der Waals surface area contributed by atoms with Crippen molar-refractivity contribution in [3.63, 3.8) is 0 Å². The first-order valence-electron chi connectivity index (χ1n) is 7.00. The molecule has 6 nitrogen and oxygen atoms in total. The summed E-state index contributed by atoms with van der Waals surface area (Å²) in [5, 5.41) is 0. The van der Waals surface area contributed by atoms with Crippen LogP contribution in [0.5, 0.6) is 0 Å². The highest BCUT2D eigenvalue weighted by atomic mass is 16.5. The van der Waals surface area contributed by atoms with E-state index in [4.69, 9.17) is 4.74 Å². The van der Waals surface area contributed by atoms with Crippen molar-refractivity contribution >= 4 is 5.91 Å². The molecule has 22 heavy (non-hydrogen) atoms. The van der Waals surface area contributed by atoms with E-state index in [1.807, 2.05) is 18.2 Å². The van der Waals surface area contributed by atoms with Crippen LogP contribution in [-0.2, 0) is 11.3 Å². The van der Waals surface area contributed by atoms with Gasteiger partial charge in [0.1, 0.15) is 5.56 Å². The first-order chi connectivity index (χ1) is 10.6. The Kier molecular flexibility index (Phi) is 5.43. The summed E-state index contributed by atoms with van der Waals surface area (Å²) in [4.78, 5) is 33.0. The lowest BCUT2D eigenvalue weighted by Gasteiger charge is -2.21. The molecule has 1 N–H and O–H groups in total. The second-order valence-corrected chi connectivity index (χ2v) is 4.92. The van der Waals surface area contributed by atoms with Crippen molar-refractivity contribution in [1.29, 1.82) is 0 Å². The number of hydrogen-bond acceptors (Lipinski definition) is 4. The van der Waals surface area contributed by atoms with Crippen LogP contribution in [0, 0.1) is 6.92 Å². The molecule has 0 aliphatic rings. The molecule has 0 fully saturated rings. The van der Waals surface area contributed by atoms with Gasteiger partial charge in [-0.05, 0) is 31.2 Å². The summed E-state index contributed by atoms with van der Waals surface area (Å²) in [7, 11) is 1.57. The van der Waals surface area contributed by atoms with Crippen molar-refractivity contribution in [3.8, 4) is 0 Å². The number of carbonyl (C=O) groups is 1. The van der Waals surface area contributed by atoms with Gasteiger partial charge in [0, 0.05) is 25.5 Å². The molecule has 2 rings (SSSR count). The zero-order chi connectivity index (χ0) is 15.9. The molecule has 2 aromatic rings. The molecule has 0 aromatic carbocycles. The van der Waals surface area contributed by atoms with E-state index < -0.39 is 0 Å². The van der Waals surface area contributed by atoms with E-state index in [9.17, 15) is 9.59 Å². The van der Waals surface area contributed by atoms with Gasteiger partial charge in [0.05, 0.1) is 18.8 Å². The van der Waals surface area contributed by atoms with Crippen molar-refractivity contribution < 1.29 is 9.53 Å². The zero-order valence-electron chi connectivity index (χ0n) is 12.7. The van der Waals surface area contributed by atoms with Gasteiger partial charge in [-0.2, -0.15) is 0 Å². The number of rotatable bonds is 6. The number of pyridine rings is 2. The number of aromatic nitrogens is 2. The van der Waals surface area contributed by atoms with Crippen LogP contribution >= 0.6 is 0 Å². The van der Waals surface area contributed by atoms with Gasteiger partial charge < -0.3 is 14.6 Å². The molecular formula is C16H19N3O3. The number of nitrogens with one attached hydrogen (secondary N) is 1. The highest BCUT2D eigenvalue weighted by Gasteiger charge is 2.19. The summed E-state index contributed by atoms with van der Waals surface area (Å²) >= 11 is 0. The number of carbonyl (C=O) groups excluding carboxylic acids is 1. The molecule has 0 saturated heterocycles. The molecule has 2 heterocycles. The van der Waals surface area contributed by atoms with Crippen LogP contribution in [-0.4, -0.2) is 41.0 Å². The van der Waals surface area contributed by atoms with Crippen molar-refractivity contribution in [1.82, 2.24) is 14.9 Å². The minimum absolute atomic E-state index is 0.123. The number of nitrogens with zero attached hydrogens (tertiary/aromatic N) is 2. The highest BCUT2D eigenvalue weighted by Crippen LogP contribution is 2.06. The Balaban J connectivity index is 2.24. The minimum atomic E-state index is -0.381. The molecule has 0 aliphatic heterocycles. The summed E-state index contributed by atoms with van der Waals surface area (Å²) in [5.74, 6) is -0.330. The number of ether oxygens (including phenoxy) is 1. The van der Waals surface area contributed by atoms with Crippen LogP contribution in [0.15, 0.2) is 41.3 Å². The average Bonchev–Trinajstić information content (AvgIpc) is 2.52. The molecule has 0 bridgehead atoms. The summed E-state index contributed by atoms with van der Waals surface area (Å²) < 4.78 is 5.05. The van der Waals surface area contributed by atoms with Crippen LogP contribution < -0.4 is 5.56 Å². The normalized spacial score (nSPS) is 10.5. The maximum absolute atomic E-state index is 12.6. The smallest absolute Gasteiger partial charge is 0.260 e. The Labute approximate surface area is 128 Å². The third kappa shape index (κ3) is 4.02. The number of methoxy groups -OCH3 is 1. The molecule has 0 atom stereocenters. The SMILES string of the molecule is COCCN(Cc1ccccn1)C(=O)c1ccc(C)[nH]c1=O. The van der Waals surface area contributed by atoms with Crippen molar-refractivity contribution in [2.45, 2.75) is 13.5 Å². The molecule has 0 spiro atoms. The summed E-state index contributed by atoms with van der Waals surface area (Å²) in [6.45, 7) is 2.88. The van der Waals surface area contributed by atoms with E-state index in [0.717, 1.165) is 11.4 Å². The lowest BCUT2D eigenvalue weighted by Crippen LogP contribution is -2.36. The van der Waals surface area contributed by atoms with Crippen molar-refractivity contribution in [2.75, 3.05) is 20.3 Å². The number of aromatic amines is 1. The third-order valence-electron chi connectivity index (χ3n) is 3.22. The van der Waals surface area contributed by atoms with Gasteiger partial charge in [0.25, 0.3) is 11.5 Å². The van der Waals surface area contributed by atoms with E-state index in [1.54, 1.807) is 37.3 Å². The topological polar surface area (TPSA) is 75.3 Å². The van der Waals surface area contributed by atoms with Gasteiger partial charge in [-0.25, -0.2) is 0 Å². The maximum Gasteiger partial charge on any atom is 0.260 e. The van der Waals surface area contributed by atoms with Crippen LogP contribution in [0.2, 0.25) is 0 Å². The molecule has 0 radical (unpaired) electrons. The molecule has 116 valence electrons. The first-order valence-corrected chi connectivity index (χ1v) is 7.00. The summed E-state index contributed by atoms with van der Waals surface area (Å²) in [6.07, 6.45) is 1.67. The number of H-pyrrole nitrogens is 1. The second-order valence-electron chi connectivity index (χ2n) is 4.92. The minimum Gasteiger partial charge on any atom is -0.383 e. The van der Waals surface area contributed by atoms with Crippen LogP contribution in [0.3, 0.4) is 0 Å². The predicted octanol–water partition coefficient (Wildman–Crippen LogP) is 1.37. The fourth-order valence-corrected chi connectivity index (χ4v) is 2.05. The zero-order valence-corrected chi connectivity index (χ0v) is 12.7. The Morgan fingerprint density at radius 2 is 2.14 bits per heavy atom. The second kappa shape index (κ2) is 7.51. The van der Waals surface area contributed by atoms with E-state index in [0.29, 0.717) is 19.7 Å². The third-order valence-corrected chi connectivity index (χ3v) is 3.22. The lowest BCUT2D eigenvalue weighted by molar-refractivity contribution is 0.0676. The summed E-state index contributed by atoms with van der Waals surface area (Å²) in [6, 6.07) is 8.78. The average molecular weight is 301 g/mol. The van der Waals surface area contributed by atoms with Gasteiger partial charge in [-0.1, -0.05) is 6.07 Å². The highest BCUT2D eigenvalue weighted by molar-refractivity contribution is 5.93. The van der Waals surface area contributed by atoms with Crippen molar-refractivity contribution in [2.24, 2.45) is 0 Å². The van der Waals surface area contributed by atoms with Crippen LogP contribution in [0.1, 0.15) is 21.7 Å². The standard InChI is InChI=1S/C16H19N3O3/c1-12-6-7-14(15(20)18-12)16(21)19(9-10-22-2)11-13-5-3-4-8-17-13/h3-8H,9-11H2,1-2H3,(H,18,20). The van der Waals surface area contributed by atoms with Gasteiger partial charge in [0.15, 0.2) is 0 Å². The Hall–Kier alpha value is -2.47. The molecule has 1 amide bonds. The van der Waals surface area contributed by atoms with E-state index in [-0.39, 0.29) is 17.0 Å². The Bertz CT molecular complexity index is 683. The molecular weight excluding hydrogens is 282 g/mol. The predicted molar refractivity (Wildman–Crippen MR) is 82.7 cm³/mol. The molecule has 0 saturated carbocycles. The largest absolute Gasteiger partial charge is 0.383 e. The first kappa shape index (κ1) is 15.9. The van der Waals surface area contributed by atoms with Crippen LogP contribution in [0.4, 0.5) is 0 Å². The summed E-state index contributed by atoms with van der Waals surface area (Å²) in [5.41, 5.74) is 1.22. The number of hydrogen-bond donors (Lipinski definition) is 1. The van der Waals surface area contributed by atoms with Gasteiger partial charge >= 0.3 is 0 Å². The fraction of sp³-hybridized carbons (Fsp3) is 0.312. The Morgan fingerprint density at radius 3 is 2.77 bits per heavy atom. The molecule has 6 heteroatoms. The van der Waals surface area contributed by atoms with Crippen molar-refractivity contribution in [3.05, 3.63) is 63.8 Å². The fourth-order valence-electron chi connectivity index (χ4n) is 2.05. The van der Waals surface area contributed by atoms with E-state index in [2.05, 4.69) is 9.97 Å². The number of amides is 1. The van der Waals surface area contributed by atoms with Gasteiger partial charge in [-0.3, -0.25) is 14.6 Å². The lowest BCUT2D eigenvalue weighted by atomic mass is 10.2. The maximum atomic E-state index is 12.6. The quantitative estimate of drug-likeness (QED) is 0.874. The van der Waals surface area contributed by atoms with Crippen LogP contribution in [0.25, 0.3) is 0 Å². The van der Waals surface area contributed by atoms with E-state index >= 15 is 0 Å². The van der Waals surface area contributed by atoms with Gasteiger partial charge in [-0.15, -0.1) is 0 Å². The Morgan fingerprint density at radius 1 is 1.32 bits per heavy atom. The monoisotopic (exact) mass is 301 g/mol. The van der Waals surface area contributed by atoms with E-state index in [1.165, 1.54) is 0 Å². The molecule has 0 unspecified atom stereocenters. The van der Waals surface area contributed by atoms with Gasteiger partial charge in [0.2, 0.25) is 0 Å². The molecule has 0 aliphatic carbocycles. The number of aryl methyl sites for hydroxylation is 1.